The van der Waals surface area contributed by atoms with Crippen LogP contribution < -0.4 is 4.74 Å². The maximum absolute atomic E-state index is 11.3. The van der Waals surface area contributed by atoms with Gasteiger partial charge in [0.25, 0.3) is 0 Å². The molecular formula is C17H25BrO3. The molecule has 1 rings (SSSR count). The number of esters is 1. The lowest BCUT2D eigenvalue weighted by Gasteiger charge is -2.07. The fourth-order valence-electron chi connectivity index (χ4n) is 2.08. The van der Waals surface area contributed by atoms with Gasteiger partial charge in [0.1, 0.15) is 5.75 Å². The largest absolute Gasteiger partial charge is 0.494 e. The van der Waals surface area contributed by atoms with E-state index in [1.807, 2.05) is 12.1 Å². The number of halogens is 1. The van der Waals surface area contributed by atoms with Crippen LogP contribution in [0.15, 0.2) is 24.3 Å². The zero-order valence-electron chi connectivity index (χ0n) is 12.8. The molecule has 0 aliphatic heterocycles. The summed E-state index contributed by atoms with van der Waals surface area (Å²) in [5, 5.41) is 1.12. The first kappa shape index (κ1) is 18.0. The topological polar surface area (TPSA) is 35.5 Å². The molecule has 1 aromatic carbocycles. The van der Waals surface area contributed by atoms with Crippen molar-refractivity contribution in [1.29, 1.82) is 0 Å². The van der Waals surface area contributed by atoms with Crippen LogP contribution in [0.5, 0.6) is 5.75 Å². The molecule has 21 heavy (non-hydrogen) atoms. The van der Waals surface area contributed by atoms with Crippen LogP contribution in [0, 0.1) is 0 Å². The van der Waals surface area contributed by atoms with E-state index in [0.29, 0.717) is 5.56 Å². The highest BCUT2D eigenvalue weighted by atomic mass is 79.9. The van der Waals surface area contributed by atoms with E-state index in [0.717, 1.165) is 24.1 Å². The molecule has 0 amide bonds. The number of alkyl halides is 1. The molecule has 0 aliphatic rings. The van der Waals surface area contributed by atoms with E-state index < -0.39 is 0 Å². The van der Waals surface area contributed by atoms with E-state index in [2.05, 4.69) is 20.7 Å². The first-order valence-electron chi connectivity index (χ1n) is 7.65. The molecule has 1 aromatic rings. The van der Waals surface area contributed by atoms with Gasteiger partial charge in [0.05, 0.1) is 19.3 Å². The van der Waals surface area contributed by atoms with Crippen LogP contribution in [0.3, 0.4) is 0 Å². The Bertz CT molecular complexity index is 390. The van der Waals surface area contributed by atoms with E-state index in [9.17, 15) is 4.79 Å². The van der Waals surface area contributed by atoms with Gasteiger partial charge < -0.3 is 9.47 Å². The highest BCUT2D eigenvalue weighted by Crippen LogP contribution is 2.14. The third-order valence-corrected chi connectivity index (χ3v) is 3.88. The van der Waals surface area contributed by atoms with Gasteiger partial charge in [0.2, 0.25) is 0 Å². The standard InChI is InChI=1S/C17H25BrO3/c1-20-17(19)15-9-11-16(12-10-15)21-14-8-6-4-2-3-5-7-13-18/h9-12H,2-8,13-14H2,1H3. The summed E-state index contributed by atoms with van der Waals surface area (Å²) in [5.41, 5.74) is 0.549. The van der Waals surface area contributed by atoms with Gasteiger partial charge in [-0.25, -0.2) is 4.79 Å². The molecule has 0 aromatic heterocycles. The summed E-state index contributed by atoms with van der Waals surface area (Å²) in [6, 6.07) is 7.08. The third kappa shape index (κ3) is 8.10. The van der Waals surface area contributed by atoms with Crippen LogP contribution in [-0.2, 0) is 4.74 Å². The van der Waals surface area contributed by atoms with Crippen molar-refractivity contribution in [3.05, 3.63) is 29.8 Å². The van der Waals surface area contributed by atoms with Crippen molar-refractivity contribution >= 4 is 21.9 Å². The first-order valence-corrected chi connectivity index (χ1v) is 8.77. The summed E-state index contributed by atoms with van der Waals surface area (Å²) in [4.78, 5) is 11.3. The average Bonchev–Trinajstić information content (AvgIpc) is 2.53. The molecule has 0 heterocycles. The van der Waals surface area contributed by atoms with Crippen LogP contribution in [0.1, 0.15) is 55.3 Å². The van der Waals surface area contributed by atoms with E-state index in [1.54, 1.807) is 12.1 Å². The van der Waals surface area contributed by atoms with Gasteiger partial charge in [-0.05, 0) is 37.1 Å². The monoisotopic (exact) mass is 356 g/mol. The molecule has 0 bridgehead atoms. The predicted molar refractivity (Wildman–Crippen MR) is 89.4 cm³/mol. The summed E-state index contributed by atoms with van der Waals surface area (Å²) in [7, 11) is 1.38. The zero-order valence-corrected chi connectivity index (χ0v) is 14.4. The molecule has 0 unspecified atom stereocenters. The molecule has 118 valence electrons. The van der Waals surface area contributed by atoms with Gasteiger partial charge in [-0.15, -0.1) is 0 Å². The Balaban J connectivity index is 2.06. The van der Waals surface area contributed by atoms with Crippen LogP contribution >= 0.6 is 15.9 Å². The number of ether oxygens (including phenoxy) is 2. The number of hydrogen-bond donors (Lipinski definition) is 0. The number of carbonyl (C=O) groups excluding carboxylic acids is 1. The van der Waals surface area contributed by atoms with Crippen molar-refractivity contribution in [3.8, 4) is 5.75 Å². The van der Waals surface area contributed by atoms with Crippen LogP contribution in [0.4, 0.5) is 0 Å². The van der Waals surface area contributed by atoms with Gasteiger partial charge in [0.15, 0.2) is 0 Å². The van der Waals surface area contributed by atoms with Crippen molar-refractivity contribution in [2.24, 2.45) is 0 Å². The van der Waals surface area contributed by atoms with Gasteiger partial charge in [-0.1, -0.05) is 48.0 Å². The quantitative estimate of drug-likeness (QED) is 0.318. The van der Waals surface area contributed by atoms with Gasteiger partial charge in [-0.3, -0.25) is 0 Å². The first-order chi connectivity index (χ1) is 10.3. The van der Waals surface area contributed by atoms with Gasteiger partial charge in [-0.2, -0.15) is 0 Å². The molecule has 0 spiro atoms. The van der Waals surface area contributed by atoms with Crippen LogP contribution in [0.25, 0.3) is 0 Å². The minimum Gasteiger partial charge on any atom is -0.494 e. The van der Waals surface area contributed by atoms with Crippen molar-refractivity contribution in [2.75, 3.05) is 19.0 Å². The summed E-state index contributed by atoms with van der Waals surface area (Å²) >= 11 is 3.45. The predicted octanol–water partition coefficient (Wildman–Crippen LogP) is 4.98. The Labute approximate surface area is 136 Å². The van der Waals surface area contributed by atoms with E-state index in [4.69, 9.17) is 4.74 Å². The van der Waals surface area contributed by atoms with Gasteiger partial charge in [0, 0.05) is 5.33 Å². The fraction of sp³-hybridized carbons (Fsp3) is 0.588. The molecule has 0 saturated heterocycles. The Morgan fingerprint density at radius 1 is 0.952 bits per heavy atom. The third-order valence-electron chi connectivity index (χ3n) is 3.32. The lowest BCUT2D eigenvalue weighted by molar-refractivity contribution is 0.0600. The Morgan fingerprint density at radius 3 is 2.10 bits per heavy atom. The van der Waals surface area contributed by atoms with Crippen LogP contribution in [0.2, 0.25) is 0 Å². The van der Waals surface area contributed by atoms with Crippen molar-refractivity contribution in [1.82, 2.24) is 0 Å². The molecule has 0 aliphatic carbocycles. The fourth-order valence-corrected chi connectivity index (χ4v) is 2.47. The molecule has 0 fully saturated rings. The smallest absolute Gasteiger partial charge is 0.337 e. The summed E-state index contributed by atoms with van der Waals surface area (Å²) in [6.45, 7) is 0.735. The summed E-state index contributed by atoms with van der Waals surface area (Å²) in [6.07, 6.45) is 8.85. The van der Waals surface area contributed by atoms with Crippen molar-refractivity contribution in [3.63, 3.8) is 0 Å². The number of unbranched alkanes of at least 4 members (excludes halogenated alkanes) is 6. The Hall–Kier alpha value is -1.03. The second-order valence-electron chi connectivity index (χ2n) is 5.03. The second kappa shape index (κ2) is 11.6. The molecular weight excluding hydrogens is 332 g/mol. The summed E-state index contributed by atoms with van der Waals surface area (Å²) < 4.78 is 10.3. The SMILES string of the molecule is COC(=O)c1ccc(OCCCCCCCCCBr)cc1. The minimum absolute atomic E-state index is 0.318. The number of carbonyl (C=O) groups is 1. The second-order valence-corrected chi connectivity index (χ2v) is 5.82. The minimum atomic E-state index is -0.318. The molecule has 0 radical (unpaired) electrons. The Morgan fingerprint density at radius 2 is 1.52 bits per heavy atom. The zero-order chi connectivity index (χ0) is 15.3. The van der Waals surface area contributed by atoms with E-state index in [-0.39, 0.29) is 5.97 Å². The molecule has 0 saturated carbocycles. The van der Waals surface area contributed by atoms with Crippen molar-refractivity contribution < 1.29 is 14.3 Å². The van der Waals surface area contributed by atoms with Gasteiger partial charge >= 0.3 is 5.97 Å². The van der Waals surface area contributed by atoms with Crippen molar-refractivity contribution in [2.45, 2.75) is 44.9 Å². The van der Waals surface area contributed by atoms with Crippen LogP contribution in [-0.4, -0.2) is 25.0 Å². The molecule has 3 nitrogen and oxygen atoms in total. The lowest BCUT2D eigenvalue weighted by Crippen LogP contribution is -2.01. The molecule has 0 atom stereocenters. The normalized spacial score (nSPS) is 10.4. The number of benzene rings is 1. The summed E-state index contributed by atoms with van der Waals surface area (Å²) in [5.74, 6) is 0.487. The highest BCUT2D eigenvalue weighted by molar-refractivity contribution is 9.09. The van der Waals surface area contributed by atoms with E-state index in [1.165, 1.54) is 45.6 Å². The van der Waals surface area contributed by atoms with E-state index >= 15 is 0 Å². The number of rotatable bonds is 11. The maximum Gasteiger partial charge on any atom is 0.337 e. The average molecular weight is 357 g/mol. The lowest BCUT2D eigenvalue weighted by atomic mass is 10.1. The molecule has 0 N–H and O–H groups in total. The Kier molecular flexibility index (Phi) is 9.96. The molecule has 4 heteroatoms. The maximum atomic E-state index is 11.3. The number of hydrogen-bond acceptors (Lipinski definition) is 3. The highest BCUT2D eigenvalue weighted by Gasteiger charge is 2.04. The number of methoxy groups -OCH3 is 1.